The molecule has 3 aliphatic rings. The first kappa shape index (κ1) is 22.5. The fraction of sp³-hybridized carbons (Fsp3) is 0.480. The topological polar surface area (TPSA) is 48.5 Å². The molecular formula is C25H31ClN4O3. The second-order valence-electron chi connectivity index (χ2n) is 9.03. The molecule has 33 heavy (non-hydrogen) atoms. The van der Waals surface area contributed by atoms with E-state index in [0.717, 1.165) is 82.0 Å². The summed E-state index contributed by atoms with van der Waals surface area (Å²) in [5.74, 6) is 1.92. The van der Waals surface area contributed by atoms with Gasteiger partial charge in [0, 0.05) is 70.5 Å². The fourth-order valence-corrected chi connectivity index (χ4v) is 4.96. The van der Waals surface area contributed by atoms with Gasteiger partial charge in [0.05, 0.1) is 6.54 Å². The Labute approximate surface area is 200 Å². The van der Waals surface area contributed by atoms with E-state index >= 15 is 0 Å². The number of amides is 1. The quantitative estimate of drug-likeness (QED) is 0.646. The summed E-state index contributed by atoms with van der Waals surface area (Å²) in [7, 11) is 0. The second kappa shape index (κ2) is 10.3. The molecule has 8 heteroatoms. The highest BCUT2D eigenvalue weighted by Gasteiger charge is 2.25. The van der Waals surface area contributed by atoms with Gasteiger partial charge < -0.3 is 14.4 Å². The van der Waals surface area contributed by atoms with Crippen molar-refractivity contribution >= 4 is 17.5 Å². The van der Waals surface area contributed by atoms with Crippen molar-refractivity contribution in [3.63, 3.8) is 0 Å². The first-order valence-electron chi connectivity index (χ1n) is 11.7. The molecule has 2 fully saturated rings. The molecule has 0 aromatic heterocycles. The molecular weight excluding hydrogens is 440 g/mol. The van der Waals surface area contributed by atoms with Crippen molar-refractivity contribution < 1.29 is 14.3 Å². The smallest absolute Gasteiger partial charge is 0.236 e. The highest BCUT2D eigenvalue weighted by atomic mass is 35.5. The van der Waals surface area contributed by atoms with Crippen molar-refractivity contribution in [2.24, 2.45) is 0 Å². The van der Waals surface area contributed by atoms with Gasteiger partial charge in [0.15, 0.2) is 11.5 Å². The molecule has 176 valence electrons. The Balaban J connectivity index is 1.03. The van der Waals surface area contributed by atoms with E-state index in [-0.39, 0.29) is 5.91 Å². The maximum atomic E-state index is 12.9. The van der Waals surface area contributed by atoms with Gasteiger partial charge in [-0.25, -0.2) is 0 Å². The minimum atomic E-state index is 0.252. The Kier molecular flexibility index (Phi) is 7.02. The van der Waals surface area contributed by atoms with Gasteiger partial charge in [-0.15, -0.1) is 0 Å². The van der Waals surface area contributed by atoms with Gasteiger partial charge in [-0.05, 0) is 35.4 Å². The predicted molar refractivity (Wildman–Crippen MR) is 128 cm³/mol. The van der Waals surface area contributed by atoms with Gasteiger partial charge >= 0.3 is 0 Å². The van der Waals surface area contributed by atoms with Crippen molar-refractivity contribution in [3.05, 3.63) is 58.6 Å². The molecule has 7 nitrogen and oxygen atoms in total. The summed E-state index contributed by atoms with van der Waals surface area (Å²) in [5.41, 5.74) is 2.46. The number of carbonyl (C=O) groups is 1. The summed E-state index contributed by atoms with van der Waals surface area (Å²) in [6, 6.07) is 14.2. The number of fused-ring (bicyclic) bond motifs is 1. The van der Waals surface area contributed by atoms with E-state index in [1.165, 1.54) is 11.1 Å². The number of hydrogen-bond acceptors (Lipinski definition) is 6. The molecule has 1 amide bonds. The van der Waals surface area contributed by atoms with Crippen LogP contribution in [0.4, 0.5) is 0 Å². The zero-order valence-corrected chi connectivity index (χ0v) is 19.7. The highest BCUT2D eigenvalue weighted by molar-refractivity contribution is 6.30. The van der Waals surface area contributed by atoms with Crippen molar-refractivity contribution in [1.29, 1.82) is 0 Å². The summed E-state index contributed by atoms with van der Waals surface area (Å²) >= 11 is 6.10. The number of ether oxygens (including phenoxy) is 2. The van der Waals surface area contributed by atoms with E-state index in [9.17, 15) is 4.79 Å². The Morgan fingerprint density at radius 2 is 1.39 bits per heavy atom. The first-order chi connectivity index (χ1) is 16.1. The van der Waals surface area contributed by atoms with Crippen LogP contribution in [0.5, 0.6) is 11.5 Å². The zero-order valence-electron chi connectivity index (χ0n) is 18.9. The Morgan fingerprint density at radius 3 is 2.12 bits per heavy atom. The summed E-state index contributed by atoms with van der Waals surface area (Å²) in [6.45, 7) is 9.78. The minimum absolute atomic E-state index is 0.252. The van der Waals surface area contributed by atoms with Gasteiger partial charge in [-0.1, -0.05) is 29.8 Å². The molecule has 2 aromatic carbocycles. The molecule has 0 aliphatic carbocycles. The standard InChI is InChI=1S/C25H31ClN4O3/c26-22-3-1-2-20(14-22)16-28-10-12-30(13-11-28)25(31)18-29-8-6-27(7-9-29)17-21-4-5-23-24(15-21)33-19-32-23/h1-5,14-15H,6-13,16-19H2. The zero-order chi connectivity index (χ0) is 22.6. The van der Waals surface area contributed by atoms with Crippen LogP contribution in [0, 0.1) is 0 Å². The van der Waals surface area contributed by atoms with Gasteiger partial charge in [0.25, 0.3) is 0 Å². The summed E-state index contributed by atoms with van der Waals surface area (Å²) in [4.78, 5) is 22.0. The summed E-state index contributed by atoms with van der Waals surface area (Å²) in [5, 5.41) is 0.775. The van der Waals surface area contributed by atoms with Crippen LogP contribution in [-0.4, -0.2) is 91.2 Å². The third-order valence-electron chi connectivity index (χ3n) is 6.69. The van der Waals surface area contributed by atoms with Crippen LogP contribution in [0.2, 0.25) is 5.02 Å². The van der Waals surface area contributed by atoms with E-state index in [1.807, 2.05) is 29.2 Å². The van der Waals surface area contributed by atoms with E-state index < -0.39 is 0 Å². The lowest BCUT2D eigenvalue weighted by molar-refractivity contribution is -0.134. The molecule has 0 saturated carbocycles. The highest BCUT2D eigenvalue weighted by Crippen LogP contribution is 2.32. The summed E-state index contributed by atoms with van der Waals surface area (Å²) < 4.78 is 10.9. The molecule has 2 saturated heterocycles. The lowest BCUT2D eigenvalue weighted by atomic mass is 10.1. The number of nitrogens with zero attached hydrogens (tertiary/aromatic N) is 4. The second-order valence-corrected chi connectivity index (χ2v) is 9.46. The number of benzene rings is 2. The molecule has 2 aromatic rings. The Morgan fingerprint density at radius 1 is 0.758 bits per heavy atom. The largest absolute Gasteiger partial charge is 0.454 e. The lowest BCUT2D eigenvalue weighted by Gasteiger charge is -2.38. The maximum Gasteiger partial charge on any atom is 0.236 e. The van der Waals surface area contributed by atoms with Crippen LogP contribution in [0.25, 0.3) is 0 Å². The third-order valence-corrected chi connectivity index (χ3v) is 6.92. The van der Waals surface area contributed by atoms with Crippen molar-refractivity contribution in [3.8, 4) is 11.5 Å². The van der Waals surface area contributed by atoms with Gasteiger partial charge in [-0.2, -0.15) is 0 Å². The minimum Gasteiger partial charge on any atom is -0.454 e. The molecule has 0 unspecified atom stereocenters. The molecule has 3 aliphatic heterocycles. The Hall–Kier alpha value is -2.32. The van der Waals surface area contributed by atoms with Crippen LogP contribution < -0.4 is 9.47 Å². The SMILES string of the molecule is O=C(CN1CCN(Cc2ccc3c(c2)OCO3)CC1)N1CCN(Cc2cccc(Cl)c2)CC1. The maximum absolute atomic E-state index is 12.9. The molecule has 0 atom stereocenters. The number of halogens is 1. The summed E-state index contributed by atoms with van der Waals surface area (Å²) in [6.07, 6.45) is 0. The van der Waals surface area contributed by atoms with Crippen LogP contribution in [0.1, 0.15) is 11.1 Å². The molecule has 5 rings (SSSR count). The van der Waals surface area contributed by atoms with Crippen LogP contribution in [0.3, 0.4) is 0 Å². The average Bonchev–Trinajstić information content (AvgIpc) is 3.29. The van der Waals surface area contributed by atoms with Gasteiger partial charge in [0.2, 0.25) is 12.7 Å². The predicted octanol–water partition coefficient (Wildman–Crippen LogP) is 2.53. The van der Waals surface area contributed by atoms with Gasteiger partial charge in [-0.3, -0.25) is 19.5 Å². The Bertz CT molecular complexity index is 972. The van der Waals surface area contributed by atoms with E-state index in [1.54, 1.807) is 0 Å². The molecule has 0 spiro atoms. The molecule has 0 radical (unpaired) electrons. The van der Waals surface area contributed by atoms with Crippen molar-refractivity contribution in [2.75, 3.05) is 65.7 Å². The number of piperazine rings is 2. The average molecular weight is 471 g/mol. The van der Waals surface area contributed by atoms with Crippen molar-refractivity contribution in [2.45, 2.75) is 13.1 Å². The first-order valence-corrected chi connectivity index (χ1v) is 12.1. The van der Waals surface area contributed by atoms with Crippen LogP contribution >= 0.6 is 11.6 Å². The number of hydrogen-bond donors (Lipinski definition) is 0. The van der Waals surface area contributed by atoms with E-state index in [2.05, 4.69) is 32.9 Å². The lowest BCUT2D eigenvalue weighted by Crippen LogP contribution is -2.53. The van der Waals surface area contributed by atoms with Crippen LogP contribution in [-0.2, 0) is 17.9 Å². The normalized spacial score (nSPS) is 19.7. The molecule has 0 bridgehead atoms. The molecule has 3 heterocycles. The number of rotatable bonds is 6. The van der Waals surface area contributed by atoms with E-state index in [0.29, 0.717) is 13.3 Å². The fourth-order valence-electron chi connectivity index (χ4n) is 4.74. The number of carbonyl (C=O) groups excluding carboxylic acids is 1. The monoisotopic (exact) mass is 470 g/mol. The van der Waals surface area contributed by atoms with E-state index in [4.69, 9.17) is 21.1 Å². The van der Waals surface area contributed by atoms with Gasteiger partial charge in [0.1, 0.15) is 0 Å². The van der Waals surface area contributed by atoms with Crippen LogP contribution in [0.15, 0.2) is 42.5 Å². The molecule has 0 N–H and O–H groups in total. The third kappa shape index (κ3) is 5.79. The van der Waals surface area contributed by atoms with Crippen molar-refractivity contribution in [1.82, 2.24) is 19.6 Å².